The zero-order valence-corrected chi connectivity index (χ0v) is 22.3. The van der Waals surface area contributed by atoms with Crippen molar-refractivity contribution in [2.24, 2.45) is 0 Å². The van der Waals surface area contributed by atoms with E-state index in [-0.39, 0.29) is 12.4 Å². The Kier molecular flexibility index (Phi) is 10.0. The Morgan fingerprint density at radius 3 is 2.66 bits per heavy atom. The van der Waals surface area contributed by atoms with E-state index in [1.54, 1.807) is 18.2 Å². The number of rotatable bonds is 13. The molecule has 0 spiro atoms. The van der Waals surface area contributed by atoms with E-state index >= 15 is 4.39 Å². The van der Waals surface area contributed by atoms with Gasteiger partial charge in [-0.05, 0) is 32.4 Å². The summed E-state index contributed by atoms with van der Waals surface area (Å²) in [6.45, 7) is 4.02. The predicted octanol–water partition coefficient (Wildman–Crippen LogP) is 2.44. The number of hydrogen-bond acceptors (Lipinski definition) is 9. The first-order valence-electron chi connectivity index (χ1n) is 12.2. The van der Waals surface area contributed by atoms with E-state index < -0.39 is 61.7 Å². The van der Waals surface area contributed by atoms with E-state index in [2.05, 4.69) is 5.09 Å². The lowest BCUT2D eigenvalue weighted by atomic mass is 9.98. The van der Waals surface area contributed by atoms with Crippen molar-refractivity contribution in [3.05, 3.63) is 63.4 Å². The van der Waals surface area contributed by atoms with Crippen LogP contribution < -0.4 is 20.9 Å². The van der Waals surface area contributed by atoms with E-state index in [0.717, 1.165) is 36.6 Å². The van der Waals surface area contributed by atoms with Gasteiger partial charge in [-0.15, -0.1) is 0 Å². The summed E-state index contributed by atoms with van der Waals surface area (Å²) < 4.78 is 51.7. The van der Waals surface area contributed by atoms with Gasteiger partial charge >= 0.3 is 19.4 Å². The van der Waals surface area contributed by atoms with Crippen molar-refractivity contribution in [1.82, 2.24) is 14.6 Å². The fourth-order valence-electron chi connectivity index (χ4n) is 3.78. The highest BCUT2D eigenvalue weighted by molar-refractivity contribution is 7.52. The van der Waals surface area contributed by atoms with Crippen LogP contribution in [-0.4, -0.2) is 57.8 Å². The number of nitrogens with zero attached hydrogens (tertiary/aromatic N) is 1. The number of aliphatic hydroxyl groups excluding tert-OH is 1. The maximum Gasteiger partial charge on any atom is 0.459 e. The SMILES string of the molecule is CCCCCOC(=O)[C@H](C)NP(=O)(OC[C@H]1O[C@@H](n2ccc(=O)[nH]c2=O)C(C)(F)[C@@H]1O)Oc1ccccc1. The normalized spacial score (nSPS) is 25.4. The fraction of sp³-hybridized carbons (Fsp3) is 0.542. The molecule has 6 atom stereocenters. The summed E-state index contributed by atoms with van der Waals surface area (Å²) in [5.41, 5.74) is -4.11. The van der Waals surface area contributed by atoms with Crippen molar-refractivity contribution in [1.29, 1.82) is 0 Å². The van der Waals surface area contributed by atoms with E-state index in [0.29, 0.717) is 6.42 Å². The number of aliphatic hydroxyl groups is 1. The molecule has 2 aromatic rings. The smallest absolute Gasteiger partial charge is 0.459 e. The molecular formula is C24H33FN3O9P. The van der Waals surface area contributed by atoms with Gasteiger partial charge in [-0.2, -0.15) is 5.09 Å². The van der Waals surface area contributed by atoms with Gasteiger partial charge in [0, 0.05) is 12.3 Å². The second-order valence-corrected chi connectivity index (χ2v) is 10.8. The molecule has 38 heavy (non-hydrogen) atoms. The molecule has 1 aliphatic rings. The van der Waals surface area contributed by atoms with Crippen LogP contribution in [-0.2, 0) is 23.4 Å². The van der Waals surface area contributed by atoms with Crippen molar-refractivity contribution in [3.63, 3.8) is 0 Å². The third kappa shape index (κ3) is 7.39. The van der Waals surface area contributed by atoms with Crippen LogP contribution in [0.1, 0.15) is 46.3 Å². The minimum Gasteiger partial charge on any atom is -0.465 e. The Bertz CT molecular complexity index is 1240. The Labute approximate surface area is 218 Å². The first kappa shape index (κ1) is 29.7. The molecule has 0 radical (unpaired) electrons. The van der Waals surface area contributed by atoms with E-state index in [1.807, 2.05) is 11.9 Å². The monoisotopic (exact) mass is 557 g/mol. The fourth-order valence-corrected chi connectivity index (χ4v) is 5.29. The number of carbonyl (C=O) groups is 1. The molecular weight excluding hydrogens is 524 g/mol. The Morgan fingerprint density at radius 1 is 1.29 bits per heavy atom. The lowest BCUT2D eigenvalue weighted by molar-refractivity contribution is -0.145. The molecule has 2 heterocycles. The Balaban J connectivity index is 1.74. The minimum atomic E-state index is -4.31. The molecule has 12 nitrogen and oxygen atoms in total. The quantitative estimate of drug-likeness (QED) is 0.190. The highest BCUT2D eigenvalue weighted by atomic mass is 31.2. The van der Waals surface area contributed by atoms with Gasteiger partial charge in [-0.25, -0.2) is 13.8 Å². The van der Waals surface area contributed by atoms with E-state index in [1.165, 1.54) is 19.1 Å². The summed E-state index contributed by atoms with van der Waals surface area (Å²) >= 11 is 0. The number of para-hydroxylation sites is 1. The van der Waals surface area contributed by atoms with Gasteiger partial charge in [0.15, 0.2) is 11.9 Å². The van der Waals surface area contributed by atoms with Gasteiger partial charge in [0.25, 0.3) is 5.56 Å². The minimum absolute atomic E-state index is 0.160. The average Bonchev–Trinajstić information content (AvgIpc) is 3.09. The molecule has 2 unspecified atom stereocenters. The van der Waals surface area contributed by atoms with Crippen molar-refractivity contribution in [2.45, 2.75) is 70.2 Å². The van der Waals surface area contributed by atoms with E-state index in [4.69, 9.17) is 18.5 Å². The predicted molar refractivity (Wildman–Crippen MR) is 134 cm³/mol. The second kappa shape index (κ2) is 12.8. The van der Waals surface area contributed by atoms with Crippen molar-refractivity contribution >= 4 is 13.7 Å². The maximum atomic E-state index is 15.5. The van der Waals surface area contributed by atoms with E-state index in [9.17, 15) is 24.1 Å². The van der Waals surface area contributed by atoms with Crippen LogP contribution in [0, 0.1) is 0 Å². The summed E-state index contributed by atoms with van der Waals surface area (Å²) in [5.74, 6) is -0.514. The molecule has 0 aliphatic carbocycles. The molecule has 14 heteroatoms. The number of aromatic nitrogens is 2. The summed E-state index contributed by atoms with van der Waals surface area (Å²) in [6.07, 6.45) is -1.26. The molecule has 0 saturated carbocycles. The average molecular weight is 558 g/mol. The van der Waals surface area contributed by atoms with Crippen molar-refractivity contribution in [3.8, 4) is 5.75 Å². The number of nitrogens with one attached hydrogen (secondary N) is 2. The van der Waals surface area contributed by atoms with Gasteiger partial charge in [0.1, 0.15) is 24.0 Å². The van der Waals surface area contributed by atoms with Crippen molar-refractivity contribution in [2.75, 3.05) is 13.2 Å². The number of carbonyl (C=O) groups excluding carboxylic acids is 1. The van der Waals surface area contributed by atoms with Crippen LogP contribution in [0.15, 0.2) is 52.2 Å². The molecule has 3 rings (SSSR count). The van der Waals surface area contributed by atoms with Crippen molar-refractivity contribution < 1.29 is 37.4 Å². The van der Waals surface area contributed by atoms with Gasteiger partial charge in [0.05, 0.1) is 13.2 Å². The molecule has 1 fully saturated rings. The lowest BCUT2D eigenvalue weighted by Gasteiger charge is -2.25. The molecule has 3 N–H and O–H groups in total. The first-order chi connectivity index (χ1) is 18.0. The highest BCUT2D eigenvalue weighted by Gasteiger charge is 2.55. The molecule has 1 aliphatic heterocycles. The number of ether oxygens (including phenoxy) is 2. The van der Waals surface area contributed by atoms with Crippen LogP contribution in [0.25, 0.3) is 0 Å². The van der Waals surface area contributed by atoms with Crippen LogP contribution in [0.3, 0.4) is 0 Å². The number of hydrogen-bond donors (Lipinski definition) is 3. The van der Waals surface area contributed by atoms with Crippen LogP contribution in [0.5, 0.6) is 5.75 Å². The summed E-state index contributed by atoms with van der Waals surface area (Å²) in [6, 6.07) is 7.93. The Morgan fingerprint density at radius 2 is 2.00 bits per heavy atom. The molecule has 1 aromatic heterocycles. The lowest BCUT2D eigenvalue weighted by Crippen LogP contribution is -2.43. The zero-order valence-electron chi connectivity index (χ0n) is 21.4. The summed E-state index contributed by atoms with van der Waals surface area (Å²) in [7, 11) is -4.31. The summed E-state index contributed by atoms with van der Waals surface area (Å²) in [4.78, 5) is 37.9. The third-order valence-electron chi connectivity index (χ3n) is 5.90. The van der Waals surface area contributed by atoms with Gasteiger partial charge < -0.3 is 19.1 Å². The molecule has 1 saturated heterocycles. The second-order valence-electron chi connectivity index (χ2n) is 9.06. The third-order valence-corrected chi connectivity index (χ3v) is 7.54. The maximum absolute atomic E-state index is 15.5. The summed E-state index contributed by atoms with van der Waals surface area (Å²) in [5, 5.41) is 13.1. The van der Waals surface area contributed by atoms with Gasteiger partial charge in [0.2, 0.25) is 0 Å². The number of alkyl halides is 1. The van der Waals surface area contributed by atoms with Gasteiger partial charge in [-0.3, -0.25) is 23.7 Å². The van der Waals surface area contributed by atoms with Crippen LogP contribution >= 0.6 is 7.75 Å². The molecule has 0 bridgehead atoms. The largest absolute Gasteiger partial charge is 0.465 e. The number of aromatic amines is 1. The Hall–Kier alpha value is -2.83. The molecule has 0 amide bonds. The molecule has 1 aromatic carbocycles. The number of H-pyrrole nitrogens is 1. The number of benzene rings is 1. The standard InChI is InChI=1S/C24H33FN3O9P/c1-4-5-9-14-34-21(31)16(2)27-38(33,37-17-10-7-6-8-11-17)35-15-18-20(30)24(3,25)22(36-18)28-13-12-19(29)26-23(28)32/h6-8,10-13,16,18,20,22,30H,4-5,9,14-15H2,1-3H3,(H,27,33)(H,26,29,32)/t16-,18+,20+,22+,24?,38?/m0/s1. The molecule has 210 valence electrons. The van der Waals surface area contributed by atoms with Crippen LogP contribution in [0.4, 0.5) is 4.39 Å². The number of esters is 1. The number of halogens is 1. The zero-order chi connectivity index (χ0) is 27.9. The first-order valence-corrected chi connectivity index (χ1v) is 13.8. The number of unbranched alkanes of at least 4 members (excludes halogenated alkanes) is 2. The highest BCUT2D eigenvalue weighted by Crippen LogP contribution is 2.47. The van der Waals surface area contributed by atoms with Crippen LogP contribution in [0.2, 0.25) is 0 Å². The van der Waals surface area contributed by atoms with Gasteiger partial charge in [-0.1, -0.05) is 38.0 Å². The topological polar surface area (TPSA) is 158 Å².